The Bertz CT molecular complexity index is 648. The molecule has 2 aromatic rings. The van der Waals surface area contributed by atoms with Gasteiger partial charge in [-0.3, -0.25) is 4.79 Å². The molecule has 0 bridgehead atoms. The van der Waals surface area contributed by atoms with Gasteiger partial charge in [-0.1, -0.05) is 19.1 Å². The molecule has 0 aliphatic carbocycles. The summed E-state index contributed by atoms with van der Waals surface area (Å²) in [6.45, 7) is 5.18. The number of hydrogen-bond donors (Lipinski definition) is 2. The summed E-state index contributed by atoms with van der Waals surface area (Å²) >= 11 is 1.73. The van der Waals surface area contributed by atoms with Crippen molar-refractivity contribution in [2.45, 2.75) is 26.3 Å². The van der Waals surface area contributed by atoms with Crippen LogP contribution < -0.4 is 10.6 Å². The molecule has 0 spiro atoms. The number of fused-ring (bicyclic) bond motifs is 1. The first-order chi connectivity index (χ1) is 9.69. The molecule has 0 radical (unpaired) electrons. The zero-order valence-corrected chi connectivity index (χ0v) is 12.5. The van der Waals surface area contributed by atoms with Crippen molar-refractivity contribution in [3.05, 3.63) is 51.2 Å². The molecule has 0 saturated heterocycles. The third-order valence-electron chi connectivity index (χ3n) is 3.70. The molecule has 0 saturated carbocycles. The molecule has 2 N–H and O–H groups in total. The first kappa shape index (κ1) is 13.3. The number of carbonyl (C=O) groups is 1. The van der Waals surface area contributed by atoms with E-state index < -0.39 is 0 Å². The molecular weight excluding hydrogens is 268 g/mol. The van der Waals surface area contributed by atoms with Crippen LogP contribution >= 0.6 is 11.3 Å². The molecule has 1 atom stereocenters. The highest BCUT2D eigenvalue weighted by Gasteiger charge is 2.21. The van der Waals surface area contributed by atoms with Crippen LogP contribution in [0.1, 0.15) is 35.2 Å². The maximum atomic E-state index is 11.5. The summed E-state index contributed by atoms with van der Waals surface area (Å²) in [6, 6.07) is 6.47. The third kappa shape index (κ3) is 2.37. The number of amides is 1. The first-order valence-electron chi connectivity index (χ1n) is 6.87. The van der Waals surface area contributed by atoms with Crippen molar-refractivity contribution in [3.8, 4) is 0 Å². The van der Waals surface area contributed by atoms with Gasteiger partial charge in [0, 0.05) is 5.69 Å². The smallest absolute Gasteiger partial charge is 0.228 e. The third-order valence-corrected chi connectivity index (χ3v) is 4.58. The Morgan fingerprint density at radius 3 is 2.95 bits per heavy atom. The summed E-state index contributed by atoms with van der Waals surface area (Å²) in [7, 11) is 0. The van der Waals surface area contributed by atoms with Crippen LogP contribution in [0.25, 0.3) is 0 Å². The summed E-state index contributed by atoms with van der Waals surface area (Å²) in [6.07, 6.45) is 0.491. The fourth-order valence-electron chi connectivity index (χ4n) is 2.71. The molecule has 2 heterocycles. The maximum absolute atomic E-state index is 11.5. The lowest BCUT2D eigenvalue weighted by molar-refractivity contribution is -0.115. The second-order valence-corrected chi connectivity index (χ2v) is 5.89. The molecule has 1 amide bonds. The molecule has 1 aromatic heterocycles. The van der Waals surface area contributed by atoms with E-state index in [1.54, 1.807) is 11.3 Å². The summed E-state index contributed by atoms with van der Waals surface area (Å²) < 4.78 is 0. The molecule has 3 nitrogen and oxygen atoms in total. The summed E-state index contributed by atoms with van der Waals surface area (Å²) in [5.74, 6) is 0.0869. The van der Waals surface area contributed by atoms with Crippen molar-refractivity contribution < 1.29 is 4.79 Å². The number of nitrogens with one attached hydrogen (secondary N) is 2. The van der Waals surface area contributed by atoms with Gasteiger partial charge in [0.2, 0.25) is 5.91 Å². The molecule has 1 aromatic carbocycles. The van der Waals surface area contributed by atoms with E-state index in [1.807, 2.05) is 6.07 Å². The Balaban J connectivity index is 1.99. The number of aryl methyl sites for hydroxylation is 1. The van der Waals surface area contributed by atoms with Gasteiger partial charge in [0.05, 0.1) is 12.5 Å². The van der Waals surface area contributed by atoms with Crippen molar-refractivity contribution in [1.29, 1.82) is 0 Å². The predicted molar refractivity (Wildman–Crippen MR) is 83.4 cm³/mol. The minimum atomic E-state index is 0.0869. The zero-order valence-electron chi connectivity index (χ0n) is 11.7. The normalized spacial score (nSPS) is 15.0. The highest BCUT2D eigenvalue weighted by atomic mass is 32.1. The highest BCUT2D eigenvalue weighted by molar-refractivity contribution is 7.08. The van der Waals surface area contributed by atoms with Gasteiger partial charge in [0.15, 0.2) is 0 Å². The number of thiophene rings is 1. The monoisotopic (exact) mass is 286 g/mol. The second-order valence-electron chi connectivity index (χ2n) is 5.14. The quantitative estimate of drug-likeness (QED) is 0.906. The Kier molecular flexibility index (Phi) is 3.59. The molecule has 1 aliphatic rings. The lowest BCUT2D eigenvalue weighted by atomic mass is 9.96. The van der Waals surface area contributed by atoms with Gasteiger partial charge in [-0.05, 0) is 52.5 Å². The van der Waals surface area contributed by atoms with Gasteiger partial charge >= 0.3 is 0 Å². The Labute approximate surface area is 123 Å². The van der Waals surface area contributed by atoms with Crippen LogP contribution in [-0.2, 0) is 11.2 Å². The van der Waals surface area contributed by atoms with Crippen LogP contribution in [0.3, 0.4) is 0 Å². The topological polar surface area (TPSA) is 41.1 Å². The van der Waals surface area contributed by atoms with E-state index >= 15 is 0 Å². The van der Waals surface area contributed by atoms with Crippen LogP contribution in [0.4, 0.5) is 5.69 Å². The number of anilines is 1. The summed E-state index contributed by atoms with van der Waals surface area (Å²) in [4.78, 5) is 11.5. The number of carbonyl (C=O) groups excluding carboxylic acids is 1. The minimum absolute atomic E-state index is 0.0869. The Hall–Kier alpha value is -1.65. The summed E-state index contributed by atoms with van der Waals surface area (Å²) in [5.41, 5.74) is 5.92. The molecule has 1 aliphatic heterocycles. The van der Waals surface area contributed by atoms with Crippen LogP contribution in [0.2, 0.25) is 0 Å². The van der Waals surface area contributed by atoms with Crippen LogP contribution in [0.15, 0.2) is 29.0 Å². The molecular formula is C16H18N2OS. The number of rotatable bonds is 4. The number of hydrogen-bond acceptors (Lipinski definition) is 3. The van der Waals surface area contributed by atoms with Gasteiger partial charge in [0.1, 0.15) is 0 Å². The SMILES string of the molecule is CCNC(c1ccc2c(c1)CC(=O)N2)c1cscc1C. The molecule has 4 heteroatoms. The van der Waals surface area contributed by atoms with E-state index in [0.717, 1.165) is 17.8 Å². The zero-order chi connectivity index (χ0) is 14.1. The largest absolute Gasteiger partial charge is 0.326 e. The van der Waals surface area contributed by atoms with Gasteiger partial charge in [-0.2, -0.15) is 11.3 Å². The average molecular weight is 286 g/mol. The molecule has 20 heavy (non-hydrogen) atoms. The van der Waals surface area contributed by atoms with Gasteiger partial charge in [-0.25, -0.2) is 0 Å². The second kappa shape index (κ2) is 5.38. The van der Waals surface area contributed by atoms with E-state index in [0.29, 0.717) is 6.42 Å². The molecule has 0 fully saturated rings. The van der Waals surface area contributed by atoms with Crippen LogP contribution in [0.5, 0.6) is 0 Å². The van der Waals surface area contributed by atoms with E-state index in [-0.39, 0.29) is 11.9 Å². The van der Waals surface area contributed by atoms with Crippen molar-refractivity contribution in [1.82, 2.24) is 5.32 Å². The molecule has 1 unspecified atom stereocenters. The standard InChI is InChI=1S/C16H18N2OS/c1-3-17-16(13-9-20-8-10(13)2)11-4-5-14-12(6-11)7-15(19)18-14/h4-6,8-9,16-17H,3,7H2,1-2H3,(H,18,19). The molecule has 104 valence electrons. The fourth-order valence-corrected chi connectivity index (χ4v) is 3.58. The van der Waals surface area contributed by atoms with E-state index in [2.05, 4.69) is 47.4 Å². The van der Waals surface area contributed by atoms with E-state index in [1.165, 1.54) is 16.7 Å². The Morgan fingerprint density at radius 2 is 2.25 bits per heavy atom. The molecule has 3 rings (SSSR count). The lowest BCUT2D eigenvalue weighted by Crippen LogP contribution is -2.22. The Morgan fingerprint density at radius 1 is 1.40 bits per heavy atom. The first-order valence-corrected chi connectivity index (χ1v) is 7.82. The summed E-state index contributed by atoms with van der Waals surface area (Å²) in [5, 5.41) is 10.8. The fraction of sp³-hybridized carbons (Fsp3) is 0.312. The van der Waals surface area contributed by atoms with E-state index in [9.17, 15) is 4.79 Å². The minimum Gasteiger partial charge on any atom is -0.326 e. The number of benzene rings is 1. The van der Waals surface area contributed by atoms with Crippen LogP contribution in [-0.4, -0.2) is 12.5 Å². The van der Waals surface area contributed by atoms with Crippen molar-refractivity contribution in [3.63, 3.8) is 0 Å². The van der Waals surface area contributed by atoms with Gasteiger partial charge < -0.3 is 10.6 Å². The lowest BCUT2D eigenvalue weighted by Gasteiger charge is -2.19. The maximum Gasteiger partial charge on any atom is 0.228 e. The van der Waals surface area contributed by atoms with Crippen molar-refractivity contribution in [2.75, 3.05) is 11.9 Å². The van der Waals surface area contributed by atoms with E-state index in [4.69, 9.17) is 0 Å². The highest BCUT2D eigenvalue weighted by Crippen LogP contribution is 2.31. The van der Waals surface area contributed by atoms with Crippen LogP contribution in [0, 0.1) is 6.92 Å². The van der Waals surface area contributed by atoms with Gasteiger partial charge in [-0.15, -0.1) is 0 Å². The van der Waals surface area contributed by atoms with Gasteiger partial charge in [0.25, 0.3) is 0 Å². The average Bonchev–Trinajstić information content (AvgIpc) is 3.00. The van der Waals surface area contributed by atoms with Crippen molar-refractivity contribution in [2.24, 2.45) is 0 Å². The predicted octanol–water partition coefficient (Wildman–Crippen LogP) is 3.25. The van der Waals surface area contributed by atoms with Crippen molar-refractivity contribution >= 4 is 22.9 Å².